The first-order valence-corrected chi connectivity index (χ1v) is 5.55. The van der Waals surface area contributed by atoms with Crippen molar-refractivity contribution in [3.05, 3.63) is 42.0 Å². The second-order valence-electron chi connectivity index (χ2n) is 3.15. The summed E-state index contributed by atoms with van der Waals surface area (Å²) in [5.74, 6) is 0.424. The molecule has 2 N–H and O–H groups in total. The van der Waals surface area contributed by atoms with Gasteiger partial charge in [0.1, 0.15) is 0 Å². The van der Waals surface area contributed by atoms with E-state index in [1.165, 1.54) is 0 Å². The van der Waals surface area contributed by atoms with Crippen LogP contribution in [0.1, 0.15) is 5.56 Å². The number of nitrogens with zero attached hydrogens (tertiary/aromatic N) is 1. The van der Waals surface area contributed by atoms with Crippen LogP contribution in [-0.2, 0) is 0 Å². The minimum atomic E-state index is -0.320. The Morgan fingerprint density at radius 2 is 2.29 bits per heavy atom. The second kappa shape index (κ2) is 7.31. The standard InChI is InChI=1S/C12H12ClN3O/c13-6-1-2-7-15-12(17)16-11-5-3-4-10(8-11)9-14/h1-5,8H,6-7H2,(H2,15,16,17)/b2-1+. The van der Waals surface area contributed by atoms with Crippen LogP contribution in [0.15, 0.2) is 36.4 Å². The molecule has 0 aromatic heterocycles. The van der Waals surface area contributed by atoms with Crippen LogP contribution in [0, 0.1) is 11.3 Å². The number of nitriles is 1. The van der Waals surface area contributed by atoms with E-state index in [0.29, 0.717) is 23.7 Å². The number of carbonyl (C=O) groups is 1. The third-order valence-electron chi connectivity index (χ3n) is 1.89. The summed E-state index contributed by atoms with van der Waals surface area (Å²) in [5.41, 5.74) is 1.09. The summed E-state index contributed by atoms with van der Waals surface area (Å²) >= 11 is 5.43. The van der Waals surface area contributed by atoms with E-state index in [9.17, 15) is 4.79 Å². The maximum atomic E-state index is 11.4. The molecule has 1 aromatic carbocycles. The number of anilines is 1. The third kappa shape index (κ3) is 5.05. The summed E-state index contributed by atoms with van der Waals surface area (Å²) in [6, 6.07) is 8.39. The van der Waals surface area contributed by atoms with E-state index in [2.05, 4.69) is 10.6 Å². The molecule has 0 spiro atoms. The number of nitrogens with one attached hydrogen (secondary N) is 2. The fraction of sp³-hybridized carbons (Fsp3) is 0.167. The zero-order valence-electron chi connectivity index (χ0n) is 9.11. The van der Waals surface area contributed by atoms with Gasteiger partial charge in [0.15, 0.2) is 0 Å². The van der Waals surface area contributed by atoms with Crippen LogP contribution in [0.25, 0.3) is 0 Å². The van der Waals surface area contributed by atoms with Gasteiger partial charge in [-0.25, -0.2) is 4.79 Å². The molecule has 0 atom stereocenters. The molecule has 0 aliphatic heterocycles. The summed E-state index contributed by atoms with van der Waals surface area (Å²) in [4.78, 5) is 11.4. The highest BCUT2D eigenvalue weighted by Crippen LogP contribution is 2.09. The predicted molar refractivity (Wildman–Crippen MR) is 68.0 cm³/mol. The number of rotatable bonds is 4. The molecule has 0 bridgehead atoms. The molecule has 0 saturated carbocycles. The molecular weight excluding hydrogens is 238 g/mol. The molecular formula is C12H12ClN3O. The van der Waals surface area contributed by atoms with Crippen LogP contribution in [0.2, 0.25) is 0 Å². The minimum absolute atomic E-state index is 0.320. The number of hydrogen-bond acceptors (Lipinski definition) is 2. The van der Waals surface area contributed by atoms with Crippen LogP contribution >= 0.6 is 11.6 Å². The van der Waals surface area contributed by atoms with Crippen molar-refractivity contribution in [1.82, 2.24) is 5.32 Å². The highest BCUT2D eigenvalue weighted by atomic mass is 35.5. The van der Waals surface area contributed by atoms with Gasteiger partial charge < -0.3 is 10.6 Å². The quantitative estimate of drug-likeness (QED) is 0.636. The number of amides is 2. The first-order valence-electron chi connectivity index (χ1n) is 5.02. The van der Waals surface area contributed by atoms with Crippen molar-refractivity contribution in [2.24, 2.45) is 0 Å². The zero-order valence-corrected chi connectivity index (χ0v) is 9.87. The van der Waals surface area contributed by atoms with E-state index in [-0.39, 0.29) is 6.03 Å². The van der Waals surface area contributed by atoms with E-state index >= 15 is 0 Å². The number of hydrogen-bond donors (Lipinski definition) is 2. The van der Waals surface area contributed by atoms with Crippen LogP contribution in [0.5, 0.6) is 0 Å². The SMILES string of the molecule is N#Cc1cccc(NC(=O)NC/C=C/CCl)c1. The molecule has 0 saturated heterocycles. The van der Waals surface area contributed by atoms with Gasteiger partial charge >= 0.3 is 6.03 Å². The minimum Gasteiger partial charge on any atom is -0.334 e. The van der Waals surface area contributed by atoms with E-state index in [1.54, 1.807) is 36.4 Å². The summed E-state index contributed by atoms with van der Waals surface area (Å²) in [7, 11) is 0. The number of urea groups is 1. The molecule has 4 nitrogen and oxygen atoms in total. The lowest BCUT2D eigenvalue weighted by Crippen LogP contribution is -2.28. The summed E-state index contributed by atoms with van der Waals surface area (Å²) in [6.45, 7) is 0.413. The van der Waals surface area contributed by atoms with Crippen molar-refractivity contribution in [2.75, 3.05) is 17.7 Å². The van der Waals surface area contributed by atoms with Gasteiger partial charge in [-0.2, -0.15) is 5.26 Å². The molecule has 0 aliphatic carbocycles. The Morgan fingerprint density at radius 3 is 3.00 bits per heavy atom. The highest BCUT2D eigenvalue weighted by Gasteiger charge is 2.00. The predicted octanol–water partition coefficient (Wildman–Crippen LogP) is 2.47. The van der Waals surface area contributed by atoms with Crippen molar-refractivity contribution in [3.63, 3.8) is 0 Å². The van der Waals surface area contributed by atoms with Crippen LogP contribution in [-0.4, -0.2) is 18.5 Å². The lowest BCUT2D eigenvalue weighted by Gasteiger charge is -2.05. The molecule has 2 amide bonds. The maximum absolute atomic E-state index is 11.4. The van der Waals surface area contributed by atoms with Gasteiger partial charge in [0, 0.05) is 18.1 Å². The Bertz CT molecular complexity index is 451. The molecule has 17 heavy (non-hydrogen) atoms. The van der Waals surface area contributed by atoms with Crippen molar-refractivity contribution in [3.8, 4) is 6.07 Å². The zero-order chi connectivity index (χ0) is 12.5. The van der Waals surface area contributed by atoms with Gasteiger partial charge in [-0.1, -0.05) is 18.2 Å². The Morgan fingerprint density at radius 1 is 1.47 bits per heavy atom. The maximum Gasteiger partial charge on any atom is 0.319 e. The first-order chi connectivity index (χ1) is 8.26. The fourth-order valence-electron chi connectivity index (χ4n) is 1.14. The van der Waals surface area contributed by atoms with Gasteiger partial charge in [-0.15, -0.1) is 11.6 Å². The molecule has 5 heteroatoms. The van der Waals surface area contributed by atoms with Crippen LogP contribution in [0.4, 0.5) is 10.5 Å². The number of benzene rings is 1. The average molecular weight is 250 g/mol. The normalized spacial score (nSPS) is 9.88. The first kappa shape index (κ1) is 13.1. The van der Waals surface area contributed by atoms with Gasteiger partial charge in [-0.05, 0) is 18.2 Å². The Hall–Kier alpha value is -1.99. The van der Waals surface area contributed by atoms with Crippen LogP contribution in [0.3, 0.4) is 0 Å². The molecule has 1 aromatic rings. The highest BCUT2D eigenvalue weighted by molar-refractivity contribution is 6.18. The van der Waals surface area contributed by atoms with Crippen molar-refractivity contribution in [2.45, 2.75) is 0 Å². The number of carbonyl (C=O) groups excluding carboxylic acids is 1. The average Bonchev–Trinajstić information content (AvgIpc) is 2.35. The second-order valence-corrected chi connectivity index (χ2v) is 3.46. The summed E-state index contributed by atoms with van der Waals surface area (Å²) in [5, 5.41) is 13.9. The van der Waals surface area contributed by atoms with E-state index in [0.717, 1.165) is 0 Å². The van der Waals surface area contributed by atoms with Crippen molar-refractivity contribution >= 4 is 23.3 Å². The van der Waals surface area contributed by atoms with Crippen molar-refractivity contribution < 1.29 is 4.79 Å². The summed E-state index contributed by atoms with van der Waals surface area (Å²) < 4.78 is 0. The number of alkyl halides is 1. The Labute approximate surface area is 105 Å². The largest absolute Gasteiger partial charge is 0.334 e. The fourth-order valence-corrected chi connectivity index (χ4v) is 1.27. The molecule has 0 fully saturated rings. The Balaban J connectivity index is 2.45. The van der Waals surface area contributed by atoms with Crippen molar-refractivity contribution in [1.29, 1.82) is 5.26 Å². The molecule has 88 valence electrons. The van der Waals surface area contributed by atoms with Gasteiger partial charge in [0.25, 0.3) is 0 Å². The van der Waals surface area contributed by atoms with Gasteiger partial charge in [0.2, 0.25) is 0 Å². The van der Waals surface area contributed by atoms with Gasteiger partial charge in [0.05, 0.1) is 11.6 Å². The molecule has 0 radical (unpaired) electrons. The van der Waals surface area contributed by atoms with E-state index in [4.69, 9.17) is 16.9 Å². The molecule has 0 aliphatic rings. The molecule has 0 unspecified atom stereocenters. The monoisotopic (exact) mass is 249 g/mol. The lowest BCUT2D eigenvalue weighted by atomic mass is 10.2. The topological polar surface area (TPSA) is 64.9 Å². The molecule has 0 heterocycles. The smallest absolute Gasteiger partial charge is 0.319 e. The van der Waals surface area contributed by atoms with Crippen LogP contribution < -0.4 is 10.6 Å². The lowest BCUT2D eigenvalue weighted by molar-refractivity contribution is 0.253. The van der Waals surface area contributed by atoms with E-state index in [1.807, 2.05) is 6.07 Å². The third-order valence-corrected chi connectivity index (χ3v) is 2.06. The summed E-state index contributed by atoms with van der Waals surface area (Å²) in [6.07, 6.45) is 3.51. The number of allylic oxidation sites excluding steroid dienone is 1. The Kier molecular flexibility index (Phi) is 5.62. The molecule has 1 rings (SSSR count). The van der Waals surface area contributed by atoms with E-state index < -0.39 is 0 Å². The van der Waals surface area contributed by atoms with Gasteiger partial charge in [-0.3, -0.25) is 0 Å². The number of halogens is 1.